The molecular formula is C10H9IN2S. The summed E-state index contributed by atoms with van der Waals surface area (Å²) in [6, 6.07) is 10.2. The van der Waals surface area contributed by atoms with E-state index in [4.69, 9.17) is 0 Å². The normalized spacial score (nSPS) is 10.1. The summed E-state index contributed by atoms with van der Waals surface area (Å²) in [4.78, 5) is 4.28. The number of anilines is 1. The minimum Gasteiger partial charge on any atom is -0.379 e. The molecule has 14 heavy (non-hydrogen) atoms. The van der Waals surface area contributed by atoms with E-state index in [1.165, 1.54) is 2.88 Å². The van der Waals surface area contributed by atoms with Gasteiger partial charge in [-0.15, -0.1) is 11.3 Å². The van der Waals surface area contributed by atoms with Crippen LogP contribution in [0, 0.1) is 2.88 Å². The zero-order valence-corrected chi connectivity index (χ0v) is 10.4. The molecule has 0 bridgehead atoms. The molecule has 0 spiro atoms. The Balaban J connectivity index is 1.95. The van der Waals surface area contributed by atoms with Crippen molar-refractivity contribution < 1.29 is 0 Å². The molecule has 72 valence electrons. The van der Waals surface area contributed by atoms with Gasteiger partial charge in [0, 0.05) is 5.69 Å². The lowest BCUT2D eigenvalue weighted by molar-refractivity contribution is 1.10. The van der Waals surface area contributed by atoms with Crippen molar-refractivity contribution in [3.63, 3.8) is 0 Å². The fraction of sp³-hybridized carbons (Fsp3) is 0.100. The maximum absolute atomic E-state index is 4.28. The molecule has 1 aromatic carbocycles. The summed E-state index contributed by atoms with van der Waals surface area (Å²) >= 11 is 4.00. The van der Waals surface area contributed by atoms with Gasteiger partial charge in [-0.2, -0.15) is 0 Å². The van der Waals surface area contributed by atoms with Crippen molar-refractivity contribution in [1.82, 2.24) is 4.98 Å². The van der Waals surface area contributed by atoms with E-state index in [0.717, 1.165) is 17.2 Å². The molecule has 4 heteroatoms. The molecule has 1 N–H and O–H groups in total. The van der Waals surface area contributed by atoms with Crippen molar-refractivity contribution in [2.24, 2.45) is 0 Å². The standard InChI is InChI=1S/C10H9IN2S/c11-9-6-13-10(14-9)7-12-8-4-2-1-3-5-8/h1-6,12H,7H2. The number of hydrogen-bond acceptors (Lipinski definition) is 3. The van der Waals surface area contributed by atoms with Crippen LogP contribution in [0.5, 0.6) is 0 Å². The summed E-state index contributed by atoms with van der Waals surface area (Å²) in [5.41, 5.74) is 1.14. The van der Waals surface area contributed by atoms with Gasteiger partial charge in [0.2, 0.25) is 0 Å². The third kappa shape index (κ3) is 2.68. The zero-order valence-electron chi connectivity index (χ0n) is 7.40. The van der Waals surface area contributed by atoms with Gasteiger partial charge in [-0.25, -0.2) is 4.98 Å². The van der Waals surface area contributed by atoms with Gasteiger partial charge in [-0.3, -0.25) is 0 Å². The van der Waals surface area contributed by atoms with Gasteiger partial charge in [0.05, 0.1) is 15.6 Å². The van der Waals surface area contributed by atoms with Crippen molar-refractivity contribution in [1.29, 1.82) is 0 Å². The average molecular weight is 316 g/mol. The topological polar surface area (TPSA) is 24.9 Å². The van der Waals surface area contributed by atoms with Crippen molar-refractivity contribution in [3.05, 3.63) is 44.4 Å². The van der Waals surface area contributed by atoms with Gasteiger partial charge in [-0.05, 0) is 34.7 Å². The number of benzene rings is 1. The van der Waals surface area contributed by atoms with Gasteiger partial charge in [-0.1, -0.05) is 18.2 Å². The number of aromatic nitrogens is 1. The van der Waals surface area contributed by atoms with Crippen LogP contribution in [-0.2, 0) is 6.54 Å². The van der Waals surface area contributed by atoms with Gasteiger partial charge < -0.3 is 5.32 Å². The minimum atomic E-state index is 0.803. The molecule has 1 aromatic heterocycles. The number of rotatable bonds is 3. The summed E-state index contributed by atoms with van der Waals surface area (Å²) in [7, 11) is 0. The van der Waals surface area contributed by atoms with Crippen LogP contribution in [0.1, 0.15) is 5.01 Å². The van der Waals surface area contributed by atoms with Crippen molar-refractivity contribution in [2.45, 2.75) is 6.54 Å². The molecule has 0 amide bonds. The first-order valence-corrected chi connectivity index (χ1v) is 6.13. The van der Waals surface area contributed by atoms with Crippen molar-refractivity contribution in [3.8, 4) is 0 Å². The molecule has 0 aliphatic carbocycles. The van der Waals surface area contributed by atoms with Crippen LogP contribution in [0.3, 0.4) is 0 Å². The van der Waals surface area contributed by atoms with E-state index < -0.39 is 0 Å². The smallest absolute Gasteiger partial charge is 0.113 e. The Bertz CT molecular complexity index is 400. The first kappa shape index (κ1) is 9.92. The third-order valence-electron chi connectivity index (χ3n) is 1.74. The van der Waals surface area contributed by atoms with E-state index in [-0.39, 0.29) is 0 Å². The number of halogens is 1. The monoisotopic (exact) mass is 316 g/mol. The zero-order chi connectivity index (χ0) is 9.80. The van der Waals surface area contributed by atoms with Crippen LogP contribution in [0.4, 0.5) is 5.69 Å². The number of thiazole rings is 1. The molecule has 2 aromatic rings. The van der Waals surface area contributed by atoms with Gasteiger partial charge >= 0.3 is 0 Å². The van der Waals surface area contributed by atoms with Gasteiger partial charge in [0.15, 0.2) is 0 Å². The lowest BCUT2D eigenvalue weighted by Crippen LogP contribution is -1.97. The number of nitrogens with zero attached hydrogens (tertiary/aromatic N) is 1. The molecule has 0 saturated heterocycles. The predicted octanol–water partition coefficient (Wildman–Crippen LogP) is 3.36. The molecule has 0 atom stereocenters. The van der Waals surface area contributed by atoms with E-state index >= 15 is 0 Å². The highest BCUT2D eigenvalue weighted by atomic mass is 127. The number of hydrogen-bond donors (Lipinski definition) is 1. The number of para-hydroxylation sites is 1. The Morgan fingerprint density at radius 2 is 2.07 bits per heavy atom. The summed E-state index contributed by atoms with van der Waals surface area (Å²) in [6.07, 6.45) is 1.90. The van der Waals surface area contributed by atoms with E-state index in [0.29, 0.717) is 0 Å². The van der Waals surface area contributed by atoms with Crippen LogP contribution in [0.2, 0.25) is 0 Å². The fourth-order valence-corrected chi connectivity index (χ4v) is 2.59. The van der Waals surface area contributed by atoms with E-state index in [2.05, 4.69) is 45.0 Å². The lowest BCUT2D eigenvalue weighted by atomic mass is 10.3. The van der Waals surface area contributed by atoms with Crippen LogP contribution in [-0.4, -0.2) is 4.98 Å². The molecule has 0 aliphatic rings. The second kappa shape index (κ2) is 4.75. The Morgan fingerprint density at radius 1 is 1.29 bits per heavy atom. The van der Waals surface area contributed by atoms with Crippen LogP contribution >= 0.6 is 33.9 Å². The molecule has 0 saturated carbocycles. The highest BCUT2D eigenvalue weighted by Gasteiger charge is 1.98. The molecular weight excluding hydrogens is 307 g/mol. The van der Waals surface area contributed by atoms with E-state index in [9.17, 15) is 0 Å². The highest BCUT2D eigenvalue weighted by molar-refractivity contribution is 14.1. The molecule has 0 aliphatic heterocycles. The molecule has 0 unspecified atom stereocenters. The first-order valence-electron chi connectivity index (χ1n) is 4.24. The summed E-state index contributed by atoms with van der Waals surface area (Å²) in [6.45, 7) is 0.803. The SMILES string of the molecule is Ic1cnc(CNc2ccccc2)s1. The van der Waals surface area contributed by atoms with Crippen molar-refractivity contribution in [2.75, 3.05) is 5.32 Å². The van der Waals surface area contributed by atoms with Crippen LogP contribution < -0.4 is 5.32 Å². The summed E-state index contributed by atoms with van der Waals surface area (Å²) in [5, 5.41) is 4.44. The Morgan fingerprint density at radius 3 is 2.71 bits per heavy atom. The molecule has 2 nitrogen and oxygen atoms in total. The van der Waals surface area contributed by atoms with Crippen LogP contribution in [0.25, 0.3) is 0 Å². The Hall–Kier alpha value is -0.620. The minimum absolute atomic E-state index is 0.803. The number of nitrogens with one attached hydrogen (secondary N) is 1. The maximum atomic E-state index is 4.28. The van der Waals surface area contributed by atoms with Gasteiger partial charge in [0.1, 0.15) is 5.01 Å². The lowest BCUT2D eigenvalue weighted by Gasteiger charge is -2.02. The third-order valence-corrected chi connectivity index (χ3v) is 3.47. The molecule has 0 radical (unpaired) electrons. The van der Waals surface area contributed by atoms with Gasteiger partial charge in [0.25, 0.3) is 0 Å². The molecule has 1 heterocycles. The maximum Gasteiger partial charge on any atom is 0.113 e. The largest absolute Gasteiger partial charge is 0.379 e. The summed E-state index contributed by atoms with van der Waals surface area (Å²) < 4.78 is 1.23. The quantitative estimate of drug-likeness (QED) is 0.879. The highest BCUT2D eigenvalue weighted by Crippen LogP contribution is 2.16. The average Bonchev–Trinajstić information content (AvgIpc) is 2.63. The fourth-order valence-electron chi connectivity index (χ4n) is 1.10. The van der Waals surface area contributed by atoms with Crippen LogP contribution in [0.15, 0.2) is 36.5 Å². The second-order valence-electron chi connectivity index (χ2n) is 2.78. The second-order valence-corrected chi connectivity index (χ2v) is 5.79. The Kier molecular flexibility index (Phi) is 3.36. The summed E-state index contributed by atoms with van der Waals surface area (Å²) in [5.74, 6) is 0. The Labute approximate surface area is 101 Å². The predicted molar refractivity (Wildman–Crippen MR) is 68.6 cm³/mol. The van der Waals surface area contributed by atoms with E-state index in [1.54, 1.807) is 11.3 Å². The molecule has 0 fully saturated rings. The first-order chi connectivity index (χ1) is 6.84. The van der Waals surface area contributed by atoms with Crippen molar-refractivity contribution >= 4 is 39.6 Å². The van der Waals surface area contributed by atoms with E-state index in [1.807, 2.05) is 24.4 Å². The molecule has 2 rings (SSSR count).